The van der Waals surface area contributed by atoms with E-state index in [4.69, 9.17) is 9.84 Å². The van der Waals surface area contributed by atoms with Crippen molar-refractivity contribution in [3.05, 3.63) is 35.9 Å². The van der Waals surface area contributed by atoms with Crippen molar-refractivity contribution in [2.45, 2.75) is 12.3 Å². The van der Waals surface area contributed by atoms with Crippen molar-refractivity contribution < 1.29 is 14.6 Å². The molecular weight excluding hydrogens is 218 g/mol. The van der Waals surface area contributed by atoms with Crippen molar-refractivity contribution in [1.29, 1.82) is 0 Å². The van der Waals surface area contributed by atoms with Gasteiger partial charge in [0.1, 0.15) is 6.61 Å². The largest absolute Gasteiger partial charge is 0.396 e. The van der Waals surface area contributed by atoms with Gasteiger partial charge in [-0.15, -0.1) is 0 Å². The van der Waals surface area contributed by atoms with Crippen molar-refractivity contribution in [1.82, 2.24) is 5.32 Å². The third-order valence-electron chi connectivity index (χ3n) is 2.57. The number of carbonyl (C=O) groups excluding carboxylic acids is 1. The lowest BCUT2D eigenvalue weighted by Gasteiger charge is -2.16. The zero-order chi connectivity index (χ0) is 12.5. The third kappa shape index (κ3) is 4.97. The van der Waals surface area contributed by atoms with E-state index in [-0.39, 0.29) is 25.0 Å². The molecule has 1 aromatic carbocycles. The zero-order valence-electron chi connectivity index (χ0n) is 10.1. The standard InChI is InChI=1S/C13H19NO3/c1-17-10-13(16)14-9-12(7-8-15)11-5-3-2-4-6-11/h2-6,12,15H,7-10H2,1H3,(H,14,16). The Balaban J connectivity index is 2.52. The first kappa shape index (κ1) is 13.7. The maximum Gasteiger partial charge on any atom is 0.246 e. The molecule has 0 aliphatic heterocycles. The fraction of sp³-hybridized carbons (Fsp3) is 0.462. The van der Waals surface area contributed by atoms with Gasteiger partial charge in [0, 0.05) is 26.2 Å². The van der Waals surface area contributed by atoms with E-state index in [2.05, 4.69) is 5.32 Å². The summed E-state index contributed by atoms with van der Waals surface area (Å²) in [7, 11) is 1.49. The average Bonchev–Trinajstić information content (AvgIpc) is 2.36. The highest BCUT2D eigenvalue weighted by atomic mass is 16.5. The number of nitrogens with one attached hydrogen (secondary N) is 1. The second-order valence-electron chi connectivity index (χ2n) is 3.86. The number of carbonyl (C=O) groups is 1. The molecular formula is C13H19NO3. The van der Waals surface area contributed by atoms with Crippen LogP contribution in [0.2, 0.25) is 0 Å². The predicted octanol–water partition coefficient (Wildman–Crippen LogP) is 0.915. The van der Waals surface area contributed by atoms with Gasteiger partial charge in [0.25, 0.3) is 0 Å². The van der Waals surface area contributed by atoms with Crippen LogP contribution in [0.25, 0.3) is 0 Å². The number of rotatable bonds is 7. The molecule has 1 atom stereocenters. The summed E-state index contributed by atoms with van der Waals surface area (Å²) >= 11 is 0. The van der Waals surface area contributed by atoms with E-state index in [0.29, 0.717) is 13.0 Å². The molecule has 0 saturated carbocycles. The zero-order valence-corrected chi connectivity index (χ0v) is 10.1. The lowest BCUT2D eigenvalue weighted by Crippen LogP contribution is -2.31. The molecule has 0 radical (unpaired) electrons. The fourth-order valence-corrected chi connectivity index (χ4v) is 1.69. The molecule has 4 nitrogen and oxygen atoms in total. The van der Waals surface area contributed by atoms with E-state index < -0.39 is 0 Å². The Morgan fingerprint density at radius 2 is 2.12 bits per heavy atom. The summed E-state index contributed by atoms with van der Waals surface area (Å²) in [6, 6.07) is 9.86. The monoisotopic (exact) mass is 237 g/mol. The second kappa shape index (κ2) is 7.81. The number of benzene rings is 1. The van der Waals surface area contributed by atoms with Crippen LogP contribution in [-0.2, 0) is 9.53 Å². The Morgan fingerprint density at radius 3 is 2.71 bits per heavy atom. The van der Waals surface area contributed by atoms with Gasteiger partial charge in [-0.25, -0.2) is 0 Å². The first-order valence-corrected chi connectivity index (χ1v) is 5.69. The summed E-state index contributed by atoms with van der Waals surface area (Å²) < 4.78 is 4.74. The van der Waals surface area contributed by atoms with E-state index in [1.165, 1.54) is 7.11 Å². The summed E-state index contributed by atoms with van der Waals surface area (Å²) in [6.45, 7) is 0.701. The van der Waals surface area contributed by atoms with Crippen LogP contribution in [0.15, 0.2) is 30.3 Å². The molecule has 0 bridgehead atoms. The Kier molecular flexibility index (Phi) is 6.29. The highest BCUT2D eigenvalue weighted by Crippen LogP contribution is 2.17. The number of amides is 1. The van der Waals surface area contributed by atoms with Crippen molar-refractivity contribution in [3.8, 4) is 0 Å². The van der Waals surface area contributed by atoms with Crippen LogP contribution in [-0.4, -0.2) is 37.9 Å². The Morgan fingerprint density at radius 1 is 1.41 bits per heavy atom. The van der Waals surface area contributed by atoms with Crippen molar-refractivity contribution in [2.75, 3.05) is 26.9 Å². The molecule has 1 rings (SSSR count). The minimum atomic E-state index is -0.133. The lowest BCUT2D eigenvalue weighted by molar-refractivity contribution is -0.124. The third-order valence-corrected chi connectivity index (χ3v) is 2.57. The van der Waals surface area contributed by atoms with Gasteiger partial charge < -0.3 is 15.2 Å². The molecule has 17 heavy (non-hydrogen) atoms. The molecule has 0 heterocycles. The van der Waals surface area contributed by atoms with Gasteiger partial charge in [-0.2, -0.15) is 0 Å². The fourth-order valence-electron chi connectivity index (χ4n) is 1.69. The van der Waals surface area contributed by atoms with Crippen molar-refractivity contribution in [3.63, 3.8) is 0 Å². The number of hydrogen-bond donors (Lipinski definition) is 2. The maximum atomic E-state index is 11.3. The molecule has 0 fully saturated rings. The molecule has 4 heteroatoms. The molecule has 1 unspecified atom stereocenters. The van der Waals surface area contributed by atoms with Crippen LogP contribution in [0.4, 0.5) is 0 Å². The molecule has 0 aliphatic rings. The van der Waals surface area contributed by atoms with Crippen LogP contribution >= 0.6 is 0 Å². The van der Waals surface area contributed by atoms with Crippen molar-refractivity contribution >= 4 is 5.91 Å². The molecule has 1 amide bonds. The Hall–Kier alpha value is -1.39. The van der Waals surface area contributed by atoms with E-state index >= 15 is 0 Å². The highest BCUT2D eigenvalue weighted by Gasteiger charge is 2.11. The SMILES string of the molecule is COCC(=O)NCC(CCO)c1ccccc1. The predicted molar refractivity (Wildman–Crippen MR) is 65.8 cm³/mol. The normalized spacial score (nSPS) is 12.1. The van der Waals surface area contributed by atoms with Crippen LogP contribution in [0, 0.1) is 0 Å². The quantitative estimate of drug-likeness (QED) is 0.741. The van der Waals surface area contributed by atoms with E-state index in [1.807, 2.05) is 30.3 Å². The van der Waals surface area contributed by atoms with E-state index in [9.17, 15) is 4.79 Å². The molecule has 2 N–H and O–H groups in total. The summed E-state index contributed by atoms with van der Waals surface area (Å²) in [5, 5.41) is 11.8. The summed E-state index contributed by atoms with van der Waals surface area (Å²) in [5.41, 5.74) is 1.12. The average molecular weight is 237 g/mol. The van der Waals surface area contributed by atoms with Crippen molar-refractivity contribution in [2.24, 2.45) is 0 Å². The maximum absolute atomic E-state index is 11.3. The molecule has 0 saturated heterocycles. The number of hydrogen-bond acceptors (Lipinski definition) is 3. The highest BCUT2D eigenvalue weighted by molar-refractivity contribution is 5.77. The van der Waals surface area contributed by atoms with Gasteiger partial charge in [0.2, 0.25) is 5.91 Å². The van der Waals surface area contributed by atoms with E-state index in [0.717, 1.165) is 5.56 Å². The number of methoxy groups -OCH3 is 1. The molecule has 1 aromatic rings. The summed E-state index contributed by atoms with van der Waals surface area (Å²) in [4.78, 5) is 11.3. The van der Waals surface area contributed by atoms with Crippen LogP contribution in [0.1, 0.15) is 17.9 Å². The van der Waals surface area contributed by atoms with Gasteiger partial charge >= 0.3 is 0 Å². The minimum absolute atomic E-state index is 0.0701. The molecule has 0 aliphatic carbocycles. The lowest BCUT2D eigenvalue weighted by atomic mass is 9.96. The number of aliphatic hydroxyl groups excluding tert-OH is 1. The summed E-state index contributed by atoms with van der Waals surface area (Å²) in [6.07, 6.45) is 0.636. The Bertz CT molecular complexity index is 327. The van der Waals surface area contributed by atoms with Crippen LogP contribution in [0.5, 0.6) is 0 Å². The van der Waals surface area contributed by atoms with Gasteiger partial charge in [0.15, 0.2) is 0 Å². The number of aliphatic hydroxyl groups is 1. The first-order valence-electron chi connectivity index (χ1n) is 5.69. The molecule has 94 valence electrons. The number of ether oxygens (including phenoxy) is 1. The van der Waals surface area contributed by atoms with E-state index in [1.54, 1.807) is 0 Å². The van der Waals surface area contributed by atoms with Crippen LogP contribution < -0.4 is 5.32 Å². The van der Waals surface area contributed by atoms with Gasteiger partial charge in [-0.05, 0) is 12.0 Å². The topological polar surface area (TPSA) is 58.6 Å². The van der Waals surface area contributed by atoms with Gasteiger partial charge in [-0.1, -0.05) is 30.3 Å². The first-order chi connectivity index (χ1) is 8.27. The second-order valence-corrected chi connectivity index (χ2v) is 3.86. The molecule has 0 aromatic heterocycles. The minimum Gasteiger partial charge on any atom is -0.396 e. The smallest absolute Gasteiger partial charge is 0.246 e. The Labute approximate surface area is 102 Å². The van der Waals surface area contributed by atoms with Gasteiger partial charge in [-0.3, -0.25) is 4.79 Å². The summed E-state index contributed by atoms with van der Waals surface area (Å²) in [5.74, 6) is 0.00776. The molecule has 0 spiro atoms. The van der Waals surface area contributed by atoms with Gasteiger partial charge in [0.05, 0.1) is 0 Å². The van der Waals surface area contributed by atoms with Crippen LogP contribution in [0.3, 0.4) is 0 Å².